The van der Waals surface area contributed by atoms with E-state index in [1.54, 1.807) is 12.1 Å². The molecule has 3 heterocycles. The highest BCUT2D eigenvalue weighted by Crippen LogP contribution is 2.26. The van der Waals surface area contributed by atoms with Crippen molar-refractivity contribution in [2.75, 3.05) is 0 Å². The molecule has 2 N–H and O–H groups in total. The Kier molecular flexibility index (Phi) is 2.22. The summed E-state index contributed by atoms with van der Waals surface area (Å²) in [5, 5.41) is 8.60. The lowest BCUT2D eigenvalue weighted by molar-refractivity contribution is 0.461. The lowest BCUT2D eigenvalue weighted by Crippen LogP contribution is -2.31. The largest absolute Gasteiger partial charge is 0.441 e. The number of furan rings is 1. The molecule has 0 amide bonds. The lowest BCUT2D eigenvalue weighted by Gasteiger charge is -2.19. The molecule has 0 bridgehead atoms. The molecule has 0 spiro atoms. The Hall–Kier alpha value is -1.33. The highest BCUT2D eigenvalue weighted by Gasteiger charge is 2.22. The zero-order chi connectivity index (χ0) is 11.1. The summed E-state index contributed by atoms with van der Waals surface area (Å²) < 4.78 is 7.37. The molecule has 84 valence electrons. The molecule has 0 saturated carbocycles. The van der Waals surface area contributed by atoms with Crippen molar-refractivity contribution in [3.05, 3.63) is 23.2 Å². The van der Waals surface area contributed by atoms with Crippen molar-refractivity contribution in [1.82, 2.24) is 14.8 Å². The van der Waals surface area contributed by atoms with Crippen LogP contribution >= 0.6 is 11.6 Å². The first-order valence-corrected chi connectivity index (χ1v) is 5.55. The van der Waals surface area contributed by atoms with Crippen molar-refractivity contribution in [3.8, 4) is 11.6 Å². The van der Waals surface area contributed by atoms with Crippen LogP contribution in [-0.2, 0) is 13.0 Å². The molecule has 2 aromatic heterocycles. The molecular formula is C10H11ClN4O. The van der Waals surface area contributed by atoms with E-state index in [1.165, 1.54) is 0 Å². The molecule has 1 aliphatic rings. The zero-order valence-corrected chi connectivity index (χ0v) is 9.31. The summed E-state index contributed by atoms with van der Waals surface area (Å²) in [6.07, 6.45) is 1.70. The van der Waals surface area contributed by atoms with Crippen LogP contribution < -0.4 is 5.73 Å². The third kappa shape index (κ3) is 1.52. The highest BCUT2D eigenvalue weighted by atomic mass is 35.5. The fourth-order valence-corrected chi connectivity index (χ4v) is 2.12. The average molecular weight is 239 g/mol. The molecule has 0 fully saturated rings. The van der Waals surface area contributed by atoms with E-state index in [2.05, 4.69) is 10.2 Å². The van der Waals surface area contributed by atoms with E-state index in [4.69, 9.17) is 21.8 Å². The number of nitrogens with zero attached hydrogens (tertiary/aromatic N) is 3. The van der Waals surface area contributed by atoms with Gasteiger partial charge in [-0.1, -0.05) is 0 Å². The molecule has 0 aromatic carbocycles. The Labute approximate surface area is 97.2 Å². The van der Waals surface area contributed by atoms with Crippen LogP contribution in [0.3, 0.4) is 0 Å². The van der Waals surface area contributed by atoms with Crippen LogP contribution in [0, 0.1) is 0 Å². The second kappa shape index (κ2) is 3.61. The molecule has 0 radical (unpaired) electrons. The Bertz CT molecular complexity index is 519. The first-order valence-electron chi connectivity index (χ1n) is 5.17. The summed E-state index contributed by atoms with van der Waals surface area (Å²) in [5.74, 6) is 2.30. The predicted molar refractivity (Wildman–Crippen MR) is 59.0 cm³/mol. The van der Waals surface area contributed by atoms with Crippen LogP contribution in [0.4, 0.5) is 0 Å². The third-order valence-corrected chi connectivity index (χ3v) is 2.99. The Morgan fingerprint density at radius 1 is 1.44 bits per heavy atom. The van der Waals surface area contributed by atoms with Gasteiger partial charge < -0.3 is 14.7 Å². The van der Waals surface area contributed by atoms with E-state index < -0.39 is 0 Å². The maximum Gasteiger partial charge on any atom is 0.199 e. The fourth-order valence-electron chi connectivity index (χ4n) is 1.97. The van der Waals surface area contributed by atoms with Crippen LogP contribution in [0.15, 0.2) is 16.5 Å². The van der Waals surface area contributed by atoms with Gasteiger partial charge in [0.1, 0.15) is 5.82 Å². The summed E-state index contributed by atoms with van der Waals surface area (Å²) >= 11 is 5.74. The monoisotopic (exact) mass is 238 g/mol. The van der Waals surface area contributed by atoms with Gasteiger partial charge in [0.25, 0.3) is 0 Å². The second-order valence-electron chi connectivity index (χ2n) is 3.95. The maximum absolute atomic E-state index is 5.88. The van der Waals surface area contributed by atoms with Crippen LogP contribution in [-0.4, -0.2) is 20.8 Å². The molecule has 1 aliphatic heterocycles. The van der Waals surface area contributed by atoms with Gasteiger partial charge >= 0.3 is 0 Å². The summed E-state index contributed by atoms with van der Waals surface area (Å²) in [6, 6.07) is 3.69. The van der Waals surface area contributed by atoms with Crippen molar-refractivity contribution in [3.63, 3.8) is 0 Å². The zero-order valence-electron chi connectivity index (χ0n) is 8.56. The molecule has 3 rings (SSSR count). The predicted octanol–water partition coefficient (Wildman–Crippen LogP) is 1.46. The SMILES string of the molecule is NC1CCn2c(nnc2-c2ccc(Cl)o2)C1. The number of hydrogen-bond donors (Lipinski definition) is 1. The molecule has 16 heavy (non-hydrogen) atoms. The van der Waals surface area contributed by atoms with Crippen molar-refractivity contribution in [2.24, 2.45) is 5.73 Å². The van der Waals surface area contributed by atoms with Gasteiger partial charge in [0.15, 0.2) is 16.8 Å². The maximum atomic E-state index is 5.88. The van der Waals surface area contributed by atoms with E-state index in [0.717, 1.165) is 31.0 Å². The van der Waals surface area contributed by atoms with Gasteiger partial charge in [0.2, 0.25) is 0 Å². The van der Waals surface area contributed by atoms with Crippen LogP contribution in [0.25, 0.3) is 11.6 Å². The number of hydrogen-bond acceptors (Lipinski definition) is 4. The molecule has 1 atom stereocenters. The van der Waals surface area contributed by atoms with E-state index in [0.29, 0.717) is 11.0 Å². The third-order valence-electron chi connectivity index (χ3n) is 2.79. The van der Waals surface area contributed by atoms with Gasteiger partial charge in [-0.2, -0.15) is 0 Å². The molecule has 1 unspecified atom stereocenters. The summed E-state index contributed by atoms with van der Waals surface area (Å²) in [4.78, 5) is 0. The minimum atomic E-state index is 0.185. The van der Waals surface area contributed by atoms with Crippen molar-refractivity contribution in [1.29, 1.82) is 0 Å². The summed E-state index contributed by atoms with van der Waals surface area (Å²) in [5.41, 5.74) is 5.88. The van der Waals surface area contributed by atoms with Gasteiger partial charge in [-0.15, -0.1) is 10.2 Å². The van der Waals surface area contributed by atoms with E-state index in [-0.39, 0.29) is 6.04 Å². The fraction of sp³-hybridized carbons (Fsp3) is 0.400. The van der Waals surface area contributed by atoms with Crippen molar-refractivity contribution >= 4 is 11.6 Å². The summed E-state index contributed by atoms with van der Waals surface area (Å²) in [6.45, 7) is 0.831. The van der Waals surface area contributed by atoms with Gasteiger partial charge in [-0.25, -0.2) is 0 Å². The highest BCUT2D eigenvalue weighted by molar-refractivity contribution is 6.28. The van der Waals surface area contributed by atoms with Crippen molar-refractivity contribution in [2.45, 2.75) is 25.4 Å². The minimum Gasteiger partial charge on any atom is -0.441 e. The van der Waals surface area contributed by atoms with Gasteiger partial charge in [0, 0.05) is 19.0 Å². The standard InChI is InChI=1S/C10H11ClN4O/c11-8-2-1-7(16-8)10-14-13-9-5-6(12)3-4-15(9)10/h1-2,6H,3-5,12H2. The minimum absolute atomic E-state index is 0.185. The van der Waals surface area contributed by atoms with Gasteiger partial charge in [-0.05, 0) is 30.2 Å². The molecule has 0 saturated heterocycles. The smallest absolute Gasteiger partial charge is 0.199 e. The lowest BCUT2D eigenvalue weighted by atomic mass is 10.1. The number of halogens is 1. The summed E-state index contributed by atoms with van der Waals surface area (Å²) in [7, 11) is 0. The quantitative estimate of drug-likeness (QED) is 0.817. The van der Waals surface area contributed by atoms with Crippen LogP contribution in [0.5, 0.6) is 0 Å². The first-order chi connectivity index (χ1) is 7.74. The normalized spacial score (nSPS) is 19.8. The second-order valence-corrected chi connectivity index (χ2v) is 4.32. The topological polar surface area (TPSA) is 69.9 Å². The average Bonchev–Trinajstić information content (AvgIpc) is 2.83. The number of aromatic nitrogens is 3. The molecule has 6 heteroatoms. The Balaban J connectivity index is 2.03. The van der Waals surface area contributed by atoms with Crippen molar-refractivity contribution < 1.29 is 4.42 Å². The first kappa shape index (κ1) is 9.86. The molecule has 0 aliphatic carbocycles. The van der Waals surface area contributed by atoms with Gasteiger partial charge in [0.05, 0.1) is 0 Å². The van der Waals surface area contributed by atoms with E-state index in [1.807, 2.05) is 4.57 Å². The van der Waals surface area contributed by atoms with E-state index >= 15 is 0 Å². The molecule has 2 aromatic rings. The molecular weight excluding hydrogens is 228 g/mol. The number of nitrogens with two attached hydrogens (primary N) is 1. The number of rotatable bonds is 1. The van der Waals surface area contributed by atoms with Crippen LogP contribution in [0.1, 0.15) is 12.2 Å². The van der Waals surface area contributed by atoms with E-state index in [9.17, 15) is 0 Å². The molecule has 5 nitrogen and oxygen atoms in total. The Morgan fingerprint density at radius 2 is 2.31 bits per heavy atom. The van der Waals surface area contributed by atoms with Crippen LogP contribution in [0.2, 0.25) is 5.22 Å². The number of fused-ring (bicyclic) bond motifs is 1. The van der Waals surface area contributed by atoms with Gasteiger partial charge in [-0.3, -0.25) is 0 Å². The Morgan fingerprint density at radius 3 is 3.06 bits per heavy atom.